The quantitative estimate of drug-likeness (QED) is 0.817. The molecule has 106 valence electrons. The first-order valence-corrected chi connectivity index (χ1v) is 8.05. The fourth-order valence-electron chi connectivity index (χ4n) is 1.61. The minimum Gasteiger partial charge on any atom is -0.490 e. The van der Waals surface area contributed by atoms with Crippen LogP contribution in [0.4, 0.5) is 0 Å². The van der Waals surface area contributed by atoms with Crippen LogP contribution in [-0.2, 0) is 9.05 Å². The molecule has 1 N–H and O–H groups in total. The number of aromatic carboxylic acids is 1. The van der Waals surface area contributed by atoms with Crippen molar-refractivity contribution in [3.8, 4) is 5.75 Å². The average molecular weight is 307 g/mol. The lowest BCUT2D eigenvalue weighted by Crippen LogP contribution is -2.14. The van der Waals surface area contributed by atoms with Gasteiger partial charge >= 0.3 is 5.97 Å². The van der Waals surface area contributed by atoms with Crippen molar-refractivity contribution in [2.24, 2.45) is 0 Å². The molecule has 0 saturated heterocycles. The SMILES string of the molecule is CCCC(C)Oc1ccc(S(=O)(=O)Cl)cc1C(=O)O. The zero-order valence-corrected chi connectivity index (χ0v) is 12.2. The highest BCUT2D eigenvalue weighted by molar-refractivity contribution is 8.13. The van der Waals surface area contributed by atoms with Crippen LogP contribution in [0.15, 0.2) is 23.1 Å². The Morgan fingerprint density at radius 1 is 1.47 bits per heavy atom. The lowest BCUT2D eigenvalue weighted by molar-refractivity contribution is 0.0689. The molecule has 0 saturated carbocycles. The zero-order valence-electron chi connectivity index (χ0n) is 10.6. The highest BCUT2D eigenvalue weighted by atomic mass is 35.7. The van der Waals surface area contributed by atoms with Gasteiger partial charge in [-0.2, -0.15) is 0 Å². The normalized spacial score (nSPS) is 13.0. The second kappa shape index (κ2) is 6.25. The Balaban J connectivity index is 3.16. The lowest BCUT2D eigenvalue weighted by Gasteiger charge is -2.15. The van der Waals surface area contributed by atoms with E-state index in [9.17, 15) is 13.2 Å². The molecule has 0 aromatic heterocycles. The summed E-state index contributed by atoms with van der Waals surface area (Å²) in [5.74, 6) is -1.13. The Morgan fingerprint density at radius 2 is 2.11 bits per heavy atom. The largest absolute Gasteiger partial charge is 0.490 e. The molecule has 0 radical (unpaired) electrons. The zero-order chi connectivity index (χ0) is 14.6. The molecule has 0 heterocycles. The van der Waals surface area contributed by atoms with Gasteiger partial charge in [0.05, 0.1) is 11.0 Å². The summed E-state index contributed by atoms with van der Waals surface area (Å²) in [5, 5.41) is 9.08. The smallest absolute Gasteiger partial charge is 0.339 e. The second-order valence-corrected chi connectivity index (χ2v) is 6.68. The minimum atomic E-state index is -3.96. The molecule has 0 fully saturated rings. The number of carboxylic acids is 1. The average Bonchev–Trinajstić information content (AvgIpc) is 2.27. The van der Waals surface area contributed by atoms with Gasteiger partial charge in [-0.3, -0.25) is 0 Å². The van der Waals surface area contributed by atoms with Gasteiger partial charge in [-0.25, -0.2) is 13.2 Å². The Labute approximate surface area is 116 Å². The van der Waals surface area contributed by atoms with Crippen LogP contribution in [-0.4, -0.2) is 25.6 Å². The highest BCUT2D eigenvalue weighted by Crippen LogP contribution is 2.26. The van der Waals surface area contributed by atoms with Crippen molar-refractivity contribution in [1.82, 2.24) is 0 Å². The molecule has 0 aliphatic carbocycles. The van der Waals surface area contributed by atoms with E-state index in [1.165, 1.54) is 12.1 Å². The number of rotatable bonds is 6. The maximum Gasteiger partial charge on any atom is 0.339 e. The van der Waals surface area contributed by atoms with Crippen molar-refractivity contribution in [2.75, 3.05) is 0 Å². The van der Waals surface area contributed by atoms with Crippen LogP contribution in [0.5, 0.6) is 5.75 Å². The molecule has 1 aromatic carbocycles. The van der Waals surface area contributed by atoms with Gasteiger partial charge in [-0.1, -0.05) is 13.3 Å². The minimum absolute atomic E-state index is 0.137. The lowest BCUT2D eigenvalue weighted by atomic mass is 10.2. The molecule has 0 amide bonds. The van der Waals surface area contributed by atoms with Crippen LogP contribution < -0.4 is 4.74 Å². The summed E-state index contributed by atoms with van der Waals surface area (Å²) in [6.07, 6.45) is 1.52. The third-order valence-corrected chi connectivity index (χ3v) is 3.84. The monoisotopic (exact) mass is 306 g/mol. The Hall–Kier alpha value is -1.27. The number of halogens is 1. The fraction of sp³-hybridized carbons (Fsp3) is 0.417. The van der Waals surface area contributed by atoms with Crippen LogP contribution in [0.2, 0.25) is 0 Å². The Bertz CT molecular complexity index is 567. The van der Waals surface area contributed by atoms with Crippen molar-refractivity contribution >= 4 is 25.7 Å². The van der Waals surface area contributed by atoms with Gasteiger partial charge in [-0.15, -0.1) is 0 Å². The van der Waals surface area contributed by atoms with E-state index in [4.69, 9.17) is 20.5 Å². The number of ether oxygens (including phenoxy) is 1. The van der Waals surface area contributed by atoms with Gasteiger partial charge in [-0.05, 0) is 31.5 Å². The summed E-state index contributed by atoms with van der Waals surface area (Å²) >= 11 is 0. The van der Waals surface area contributed by atoms with E-state index in [-0.39, 0.29) is 22.3 Å². The molecule has 0 aliphatic heterocycles. The summed E-state index contributed by atoms with van der Waals surface area (Å²) < 4.78 is 27.8. The third kappa shape index (κ3) is 4.40. The van der Waals surface area contributed by atoms with Crippen LogP contribution >= 0.6 is 10.7 Å². The molecule has 1 unspecified atom stereocenters. The van der Waals surface area contributed by atoms with Crippen molar-refractivity contribution in [2.45, 2.75) is 37.7 Å². The topological polar surface area (TPSA) is 80.7 Å². The van der Waals surface area contributed by atoms with E-state index in [1.54, 1.807) is 0 Å². The van der Waals surface area contributed by atoms with Crippen molar-refractivity contribution < 1.29 is 23.1 Å². The Kier molecular flexibility index (Phi) is 5.20. The van der Waals surface area contributed by atoms with Gasteiger partial charge in [0.25, 0.3) is 9.05 Å². The number of carbonyl (C=O) groups is 1. The van der Waals surface area contributed by atoms with Gasteiger partial charge in [0.15, 0.2) is 0 Å². The summed E-state index contributed by atoms with van der Waals surface area (Å²) in [7, 11) is 1.22. The van der Waals surface area contributed by atoms with Gasteiger partial charge in [0.2, 0.25) is 0 Å². The van der Waals surface area contributed by atoms with Crippen molar-refractivity contribution in [3.63, 3.8) is 0 Å². The van der Waals surface area contributed by atoms with Crippen LogP contribution in [0.25, 0.3) is 0 Å². The van der Waals surface area contributed by atoms with E-state index in [2.05, 4.69) is 0 Å². The van der Waals surface area contributed by atoms with Crippen LogP contribution in [0, 0.1) is 0 Å². The summed E-state index contributed by atoms with van der Waals surface area (Å²) in [6.45, 7) is 3.81. The summed E-state index contributed by atoms with van der Waals surface area (Å²) in [4.78, 5) is 10.9. The van der Waals surface area contributed by atoms with E-state index in [0.717, 1.165) is 18.9 Å². The first-order chi connectivity index (χ1) is 8.75. The molecule has 5 nitrogen and oxygen atoms in total. The van der Waals surface area contributed by atoms with E-state index >= 15 is 0 Å². The van der Waals surface area contributed by atoms with Gasteiger partial charge < -0.3 is 9.84 Å². The first kappa shape index (κ1) is 15.8. The maximum absolute atomic E-state index is 11.2. The van der Waals surface area contributed by atoms with Crippen LogP contribution in [0.1, 0.15) is 37.0 Å². The van der Waals surface area contributed by atoms with E-state index < -0.39 is 15.0 Å². The molecule has 0 spiro atoms. The number of benzene rings is 1. The molecule has 19 heavy (non-hydrogen) atoms. The predicted octanol–water partition coefficient (Wildman–Crippen LogP) is 2.88. The second-order valence-electron chi connectivity index (χ2n) is 4.12. The van der Waals surface area contributed by atoms with Gasteiger partial charge in [0.1, 0.15) is 11.3 Å². The molecule has 7 heteroatoms. The third-order valence-electron chi connectivity index (χ3n) is 2.49. The predicted molar refractivity (Wildman–Crippen MR) is 71.4 cm³/mol. The maximum atomic E-state index is 11.2. The Morgan fingerprint density at radius 3 is 2.58 bits per heavy atom. The number of carboxylic acid groups (broad SMARTS) is 1. The molecule has 1 atom stereocenters. The molecule has 0 aliphatic rings. The van der Waals surface area contributed by atoms with Gasteiger partial charge in [0, 0.05) is 10.7 Å². The molecular weight excluding hydrogens is 292 g/mol. The molecule has 1 aromatic rings. The molecule has 0 bridgehead atoms. The first-order valence-electron chi connectivity index (χ1n) is 5.74. The molecular formula is C12H15ClO5S. The number of hydrogen-bond donors (Lipinski definition) is 1. The number of hydrogen-bond acceptors (Lipinski definition) is 4. The summed E-state index contributed by atoms with van der Waals surface area (Å²) in [6, 6.07) is 3.53. The summed E-state index contributed by atoms with van der Waals surface area (Å²) in [5.41, 5.74) is -0.218. The van der Waals surface area contributed by atoms with E-state index in [0.29, 0.717) is 0 Å². The van der Waals surface area contributed by atoms with E-state index in [1.807, 2.05) is 13.8 Å². The standard InChI is InChI=1S/C12H15ClO5S/c1-3-4-8(2)18-11-6-5-9(19(13,16)17)7-10(11)12(14)15/h5-8H,3-4H2,1-2H3,(H,14,15). The van der Waals surface area contributed by atoms with Crippen LogP contribution in [0.3, 0.4) is 0 Å². The highest BCUT2D eigenvalue weighted by Gasteiger charge is 2.19. The van der Waals surface area contributed by atoms with Crippen molar-refractivity contribution in [3.05, 3.63) is 23.8 Å². The fourth-order valence-corrected chi connectivity index (χ4v) is 2.39. The van der Waals surface area contributed by atoms with Crippen molar-refractivity contribution in [1.29, 1.82) is 0 Å². The molecule has 1 rings (SSSR count).